The number of ether oxygens (including phenoxy) is 2. The maximum Gasteiger partial charge on any atom is 0.264 e. The van der Waals surface area contributed by atoms with Crippen molar-refractivity contribution in [3.8, 4) is 11.5 Å². The molecule has 0 heterocycles. The summed E-state index contributed by atoms with van der Waals surface area (Å²) < 4.78 is 37.9. The summed E-state index contributed by atoms with van der Waals surface area (Å²) in [7, 11) is 0.550. The highest BCUT2D eigenvalue weighted by Crippen LogP contribution is 2.31. The van der Waals surface area contributed by atoms with Crippen LogP contribution in [0.25, 0.3) is 0 Å². The van der Waals surface area contributed by atoms with Gasteiger partial charge in [0.15, 0.2) is 11.5 Å². The third kappa shape index (κ3) is 6.14. The fraction of sp³-hybridized carbons (Fsp3) is 0.296. The summed E-state index contributed by atoms with van der Waals surface area (Å²) >= 11 is 0. The van der Waals surface area contributed by atoms with E-state index >= 15 is 0 Å². The van der Waals surface area contributed by atoms with Crippen LogP contribution in [0.15, 0.2) is 77.7 Å². The van der Waals surface area contributed by atoms with E-state index in [1.165, 1.54) is 37.7 Å². The Bertz CT molecular complexity index is 1240. The number of anilines is 1. The molecule has 186 valence electrons. The summed E-state index contributed by atoms with van der Waals surface area (Å²) in [5, 5.41) is 3.11. The molecule has 0 radical (unpaired) electrons. The molecule has 3 aromatic rings. The predicted octanol–water partition coefficient (Wildman–Crippen LogP) is 5.05. The number of amides is 1. The summed E-state index contributed by atoms with van der Waals surface area (Å²) in [5.41, 5.74) is 1.93. The molecule has 8 heteroatoms. The number of methoxy groups -OCH3 is 2. The second kappa shape index (κ2) is 11.3. The van der Waals surface area contributed by atoms with Crippen molar-refractivity contribution in [3.63, 3.8) is 0 Å². The Labute approximate surface area is 207 Å². The summed E-state index contributed by atoms with van der Waals surface area (Å²) in [6.45, 7) is 4.23. The number of nitrogens with one attached hydrogen (secondary N) is 1. The molecular formula is C27H32N2O5S. The SMILES string of the molecule is COc1ccc(S(=O)(=O)N(C)c2ccc(C(=O)N[C@@H](CC(C)C)c3ccccc3)cc2)cc1OC. The topological polar surface area (TPSA) is 84.9 Å². The zero-order valence-corrected chi connectivity index (χ0v) is 21.5. The van der Waals surface area contributed by atoms with Crippen LogP contribution in [-0.2, 0) is 10.0 Å². The molecule has 1 N–H and O–H groups in total. The molecule has 0 spiro atoms. The summed E-state index contributed by atoms with van der Waals surface area (Å²) in [5.74, 6) is 0.953. The Balaban J connectivity index is 1.79. The highest BCUT2D eigenvalue weighted by atomic mass is 32.2. The molecule has 0 fully saturated rings. The molecule has 3 aromatic carbocycles. The largest absolute Gasteiger partial charge is 0.493 e. The minimum absolute atomic E-state index is 0.0684. The second-order valence-corrected chi connectivity index (χ2v) is 10.6. The number of hydrogen-bond donors (Lipinski definition) is 1. The highest BCUT2D eigenvalue weighted by molar-refractivity contribution is 7.92. The molecule has 1 atom stereocenters. The molecule has 3 rings (SSSR count). The van der Waals surface area contributed by atoms with Gasteiger partial charge in [-0.1, -0.05) is 44.2 Å². The zero-order chi connectivity index (χ0) is 25.6. The van der Waals surface area contributed by atoms with E-state index in [0.717, 1.165) is 12.0 Å². The number of rotatable bonds is 10. The Morgan fingerprint density at radius 3 is 2.11 bits per heavy atom. The van der Waals surface area contributed by atoms with Crippen molar-refractivity contribution in [2.24, 2.45) is 5.92 Å². The second-order valence-electron chi connectivity index (χ2n) is 8.60. The van der Waals surface area contributed by atoms with Gasteiger partial charge in [0.25, 0.3) is 15.9 Å². The molecule has 0 bridgehead atoms. The summed E-state index contributed by atoms with van der Waals surface area (Å²) in [4.78, 5) is 13.0. The van der Waals surface area contributed by atoms with Gasteiger partial charge in [-0.15, -0.1) is 0 Å². The van der Waals surface area contributed by atoms with Crippen LogP contribution in [0, 0.1) is 5.92 Å². The third-order valence-corrected chi connectivity index (χ3v) is 7.50. The summed E-state index contributed by atoms with van der Waals surface area (Å²) in [6.07, 6.45) is 0.806. The number of carbonyl (C=O) groups excluding carboxylic acids is 1. The van der Waals surface area contributed by atoms with Crippen molar-refractivity contribution in [2.45, 2.75) is 31.2 Å². The van der Waals surface area contributed by atoms with E-state index in [1.54, 1.807) is 30.3 Å². The van der Waals surface area contributed by atoms with Gasteiger partial charge < -0.3 is 14.8 Å². The van der Waals surface area contributed by atoms with Crippen LogP contribution < -0.4 is 19.1 Å². The minimum Gasteiger partial charge on any atom is -0.493 e. The van der Waals surface area contributed by atoms with Crippen molar-refractivity contribution < 1.29 is 22.7 Å². The Morgan fingerprint density at radius 2 is 1.54 bits per heavy atom. The highest BCUT2D eigenvalue weighted by Gasteiger charge is 2.24. The molecule has 1 amide bonds. The van der Waals surface area contributed by atoms with Crippen LogP contribution >= 0.6 is 0 Å². The van der Waals surface area contributed by atoms with E-state index in [-0.39, 0.29) is 16.8 Å². The average Bonchev–Trinajstić information content (AvgIpc) is 2.87. The van der Waals surface area contributed by atoms with Crippen LogP contribution in [0.2, 0.25) is 0 Å². The molecule has 0 unspecified atom stereocenters. The lowest BCUT2D eigenvalue weighted by Gasteiger charge is -2.22. The smallest absolute Gasteiger partial charge is 0.264 e. The number of carbonyl (C=O) groups is 1. The normalized spacial score (nSPS) is 12.2. The maximum atomic E-state index is 13.2. The van der Waals surface area contributed by atoms with Crippen molar-refractivity contribution in [1.29, 1.82) is 0 Å². The first-order valence-corrected chi connectivity index (χ1v) is 12.8. The standard InChI is InChI=1S/C27H32N2O5S/c1-19(2)17-24(20-9-7-6-8-10-20)28-27(30)21-11-13-22(14-12-21)29(3)35(31,32)23-15-16-25(33-4)26(18-23)34-5/h6-16,18-19,24H,17H2,1-5H3,(H,28,30)/t24-/m0/s1. The van der Waals surface area contributed by atoms with Crippen molar-refractivity contribution in [2.75, 3.05) is 25.6 Å². The Kier molecular flexibility index (Phi) is 8.40. The van der Waals surface area contributed by atoms with Crippen LogP contribution in [0.5, 0.6) is 11.5 Å². The zero-order valence-electron chi connectivity index (χ0n) is 20.7. The fourth-order valence-corrected chi connectivity index (χ4v) is 4.98. The fourth-order valence-electron chi connectivity index (χ4n) is 3.77. The number of sulfonamides is 1. The molecule has 0 aromatic heterocycles. The van der Waals surface area contributed by atoms with Gasteiger partial charge in [-0.05, 0) is 54.3 Å². The first kappa shape index (κ1) is 26.1. The van der Waals surface area contributed by atoms with Crippen molar-refractivity contribution >= 4 is 21.6 Å². The molecule has 7 nitrogen and oxygen atoms in total. The van der Waals surface area contributed by atoms with Gasteiger partial charge in [0.2, 0.25) is 0 Å². The quantitative estimate of drug-likeness (QED) is 0.425. The molecule has 35 heavy (non-hydrogen) atoms. The molecule has 0 aliphatic rings. The van der Waals surface area contributed by atoms with Crippen LogP contribution in [-0.4, -0.2) is 35.6 Å². The van der Waals surface area contributed by atoms with Gasteiger partial charge in [0.05, 0.1) is 30.8 Å². The maximum absolute atomic E-state index is 13.2. The lowest BCUT2D eigenvalue weighted by molar-refractivity contribution is 0.0932. The van der Waals surface area contributed by atoms with E-state index in [9.17, 15) is 13.2 Å². The van der Waals surface area contributed by atoms with Crippen LogP contribution in [0.3, 0.4) is 0 Å². The van der Waals surface area contributed by atoms with Crippen molar-refractivity contribution in [1.82, 2.24) is 5.32 Å². The van der Waals surface area contributed by atoms with Gasteiger partial charge in [0, 0.05) is 18.7 Å². The van der Waals surface area contributed by atoms with E-state index in [0.29, 0.717) is 28.7 Å². The predicted molar refractivity (Wildman–Crippen MR) is 138 cm³/mol. The lowest BCUT2D eigenvalue weighted by Crippen LogP contribution is -2.30. The van der Waals surface area contributed by atoms with Crippen molar-refractivity contribution in [3.05, 3.63) is 83.9 Å². The molecule has 0 aliphatic carbocycles. The van der Waals surface area contributed by atoms with E-state index in [1.807, 2.05) is 30.3 Å². The number of nitrogens with zero attached hydrogens (tertiary/aromatic N) is 1. The molecule has 0 saturated carbocycles. The third-order valence-electron chi connectivity index (χ3n) is 5.72. The first-order valence-electron chi connectivity index (χ1n) is 11.3. The van der Waals surface area contributed by atoms with Gasteiger partial charge in [0.1, 0.15) is 0 Å². The van der Waals surface area contributed by atoms with E-state index in [4.69, 9.17) is 9.47 Å². The van der Waals surface area contributed by atoms with Crippen LogP contribution in [0.1, 0.15) is 42.2 Å². The van der Waals surface area contributed by atoms with Crippen LogP contribution in [0.4, 0.5) is 5.69 Å². The lowest BCUT2D eigenvalue weighted by atomic mass is 9.96. The molecule has 0 saturated heterocycles. The monoisotopic (exact) mass is 496 g/mol. The Morgan fingerprint density at radius 1 is 0.914 bits per heavy atom. The van der Waals surface area contributed by atoms with E-state index < -0.39 is 10.0 Å². The number of hydrogen-bond acceptors (Lipinski definition) is 5. The minimum atomic E-state index is -3.85. The van der Waals surface area contributed by atoms with Gasteiger partial charge in [-0.25, -0.2) is 8.42 Å². The molecular weight excluding hydrogens is 464 g/mol. The number of benzene rings is 3. The van der Waals surface area contributed by atoms with E-state index in [2.05, 4.69) is 19.2 Å². The summed E-state index contributed by atoms with van der Waals surface area (Å²) in [6, 6.07) is 20.7. The van der Waals surface area contributed by atoms with Gasteiger partial charge >= 0.3 is 0 Å². The van der Waals surface area contributed by atoms with Gasteiger partial charge in [-0.2, -0.15) is 0 Å². The Hall–Kier alpha value is -3.52. The first-order chi connectivity index (χ1) is 16.7. The average molecular weight is 497 g/mol. The van der Waals surface area contributed by atoms with Gasteiger partial charge in [-0.3, -0.25) is 9.10 Å². The molecule has 0 aliphatic heterocycles.